The molecule has 3 atom stereocenters. The van der Waals surface area contributed by atoms with Gasteiger partial charge in [0, 0.05) is 11.1 Å². The van der Waals surface area contributed by atoms with E-state index in [1.807, 2.05) is 12.1 Å². The molecule has 0 aliphatic heterocycles. The van der Waals surface area contributed by atoms with E-state index < -0.39 is 0 Å². The summed E-state index contributed by atoms with van der Waals surface area (Å²) < 4.78 is 1.59. The lowest BCUT2D eigenvalue weighted by Gasteiger charge is -2.34. The highest BCUT2D eigenvalue weighted by molar-refractivity contribution is 7.99. The summed E-state index contributed by atoms with van der Waals surface area (Å²) in [5, 5.41) is 16.1. The molecule has 6 nitrogen and oxygen atoms in total. The van der Waals surface area contributed by atoms with Crippen molar-refractivity contribution in [3.8, 4) is 5.69 Å². The fourth-order valence-electron chi connectivity index (χ4n) is 3.20. The molecule has 1 aromatic carbocycles. The van der Waals surface area contributed by atoms with Gasteiger partial charge < -0.3 is 5.32 Å². The van der Waals surface area contributed by atoms with Crippen molar-refractivity contribution < 1.29 is 4.79 Å². The van der Waals surface area contributed by atoms with Gasteiger partial charge in [-0.2, -0.15) is 4.68 Å². The van der Waals surface area contributed by atoms with E-state index in [4.69, 9.17) is 11.6 Å². The van der Waals surface area contributed by atoms with Crippen LogP contribution in [-0.4, -0.2) is 37.9 Å². The summed E-state index contributed by atoms with van der Waals surface area (Å²) in [7, 11) is 0. The van der Waals surface area contributed by atoms with Crippen molar-refractivity contribution in [2.45, 2.75) is 44.3 Å². The molecule has 8 heteroatoms. The fourth-order valence-corrected chi connectivity index (χ4v) is 4.09. The summed E-state index contributed by atoms with van der Waals surface area (Å²) in [5.74, 6) is 1.48. The summed E-state index contributed by atoms with van der Waals surface area (Å²) >= 11 is 7.35. The SMILES string of the molecule is C[C@@H]1[C@H](C)CCC[C@H]1NC(=O)CSc1nnnn1-c1cccc(Cl)c1. The highest BCUT2D eigenvalue weighted by atomic mass is 35.5. The second kappa shape index (κ2) is 8.19. The number of halogens is 1. The van der Waals surface area contributed by atoms with E-state index in [0.717, 1.165) is 12.1 Å². The van der Waals surface area contributed by atoms with Crippen molar-refractivity contribution in [3.63, 3.8) is 0 Å². The lowest BCUT2D eigenvalue weighted by molar-refractivity contribution is -0.120. The van der Waals surface area contributed by atoms with Crippen LogP contribution in [0.5, 0.6) is 0 Å². The highest BCUT2D eigenvalue weighted by Crippen LogP contribution is 2.29. The van der Waals surface area contributed by atoms with E-state index in [0.29, 0.717) is 27.8 Å². The summed E-state index contributed by atoms with van der Waals surface area (Å²) in [6.07, 6.45) is 3.48. The highest BCUT2D eigenvalue weighted by Gasteiger charge is 2.28. The van der Waals surface area contributed by atoms with Gasteiger partial charge >= 0.3 is 0 Å². The molecule has 0 bridgehead atoms. The monoisotopic (exact) mass is 379 g/mol. The Labute approximate surface area is 156 Å². The van der Waals surface area contributed by atoms with Gasteiger partial charge in [-0.1, -0.05) is 56.1 Å². The molecule has 1 aliphatic rings. The number of amides is 1. The molecule has 1 saturated carbocycles. The molecule has 0 radical (unpaired) electrons. The van der Waals surface area contributed by atoms with Crippen LogP contribution in [-0.2, 0) is 4.79 Å². The molecule has 1 fully saturated rings. The Morgan fingerprint density at radius 2 is 2.24 bits per heavy atom. The topological polar surface area (TPSA) is 72.7 Å². The molecule has 1 amide bonds. The van der Waals surface area contributed by atoms with Gasteiger partial charge in [-0.3, -0.25) is 4.79 Å². The van der Waals surface area contributed by atoms with Crippen molar-refractivity contribution in [2.75, 3.05) is 5.75 Å². The molecule has 0 unspecified atom stereocenters. The quantitative estimate of drug-likeness (QED) is 0.806. The van der Waals surface area contributed by atoms with Crippen LogP contribution in [0.2, 0.25) is 5.02 Å². The first-order chi connectivity index (χ1) is 12.0. The molecule has 0 spiro atoms. The van der Waals surface area contributed by atoms with Crippen LogP contribution in [0.25, 0.3) is 5.69 Å². The number of nitrogens with zero attached hydrogens (tertiary/aromatic N) is 4. The van der Waals surface area contributed by atoms with E-state index in [2.05, 4.69) is 34.7 Å². The normalized spacial score (nSPS) is 23.4. The molecule has 1 N–H and O–H groups in total. The standard InChI is InChI=1S/C17H22ClN5OS/c1-11-5-3-8-15(12(11)2)19-16(24)10-25-17-20-21-22-23(17)14-7-4-6-13(18)9-14/h4,6-7,9,11-12,15H,3,5,8,10H2,1-2H3,(H,19,24)/t11-,12-,15-/m1/s1. The Bertz CT molecular complexity index is 737. The minimum absolute atomic E-state index is 0.0246. The Morgan fingerprint density at radius 3 is 3.04 bits per heavy atom. The van der Waals surface area contributed by atoms with E-state index in [1.165, 1.54) is 24.6 Å². The molecule has 2 aromatic rings. The van der Waals surface area contributed by atoms with Gasteiger partial charge in [0.1, 0.15) is 0 Å². The second-order valence-corrected chi connectivity index (χ2v) is 7.96. The number of hydrogen-bond donors (Lipinski definition) is 1. The van der Waals surface area contributed by atoms with Crippen molar-refractivity contribution >= 4 is 29.3 Å². The number of rotatable bonds is 5. The third kappa shape index (κ3) is 4.52. The largest absolute Gasteiger partial charge is 0.352 e. The molecule has 1 aromatic heterocycles. The van der Waals surface area contributed by atoms with Gasteiger partial charge in [-0.05, 0) is 46.9 Å². The second-order valence-electron chi connectivity index (χ2n) is 6.58. The number of benzene rings is 1. The summed E-state index contributed by atoms with van der Waals surface area (Å²) in [5.41, 5.74) is 0.773. The molecule has 1 heterocycles. The lowest BCUT2D eigenvalue weighted by atomic mass is 9.78. The summed E-state index contributed by atoms with van der Waals surface area (Å²) in [4.78, 5) is 12.3. The number of nitrogens with one attached hydrogen (secondary N) is 1. The Kier molecular flexibility index (Phi) is 5.96. The minimum Gasteiger partial charge on any atom is -0.352 e. The molecule has 1 aliphatic carbocycles. The van der Waals surface area contributed by atoms with Gasteiger partial charge in [-0.15, -0.1) is 5.10 Å². The smallest absolute Gasteiger partial charge is 0.230 e. The number of aromatic nitrogens is 4. The van der Waals surface area contributed by atoms with E-state index in [1.54, 1.807) is 16.8 Å². The lowest BCUT2D eigenvalue weighted by Crippen LogP contribution is -2.44. The Morgan fingerprint density at radius 1 is 1.40 bits per heavy atom. The van der Waals surface area contributed by atoms with E-state index >= 15 is 0 Å². The summed E-state index contributed by atoms with van der Waals surface area (Å²) in [6.45, 7) is 4.48. The maximum absolute atomic E-state index is 12.3. The van der Waals surface area contributed by atoms with Crippen LogP contribution in [0.1, 0.15) is 33.1 Å². The predicted molar refractivity (Wildman–Crippen MR) is 99.0 cm³/mol. The van der Waals surface area contributed by atoms with Crippen LogP contribution in [0.3, 0.4) is 0 Å². The van der Waals surface area contributed by atoms with Gasteiger partial charge in [-0.25, -0.2) is 0 Å². The van der Waals surface area contributed by atoms with Crippen molar-refractivity contribution in [1.82, 2.24) is 25.5 Å². The number of tetrazole rings is 1. The van der Waals surface area contributed by atoms with Gasteiger partial charge in [0.2, 0.25) is 11.1 Å². The van der Waals surface area contributed by atoms with E-state index in [-0.39, 0.29) is 11.9 Å². The first-order valence-corrected chi connectivity index (χ1v) is 9.87. The van der Waals surface area contributed by atoms with Crippen LogP contribution in [0.15, 0.2) is 29.4 Å². The van der Waals surface area contributed by atoms with Gasteiger partial charge in [0.05, 0.1) is 11.4 Å². The van der Waals surface area contributed by atoms with Crippen LogP contribution in [0, 0.1) is 11.8 Å². The zero-order valence-electron chi connectivity index (χ0n) is 14.4. The van der Waals surface area contributed by atoms with Crippen LogP contribution < -0.4 is 5.32 Å². The maximum Gasteiger partial charge on any atom is 0.230 e. The van der Waals surface area contributed by atoms with Gasteiger partial charge in [0.15, 0.2) is 0 Å². The Hall–Kier alpha value is -1.60. The maximum atomic E-state index is 12.3. The van der Waals surface area contributed by atoms with Crippen LogP contribution >= 0.6 is 23.4 Å². The number of hydrogen-bond acceptors (Lipinski definition) is 5. The number of carbonyl (C=O) groups excluding carboxylic acids is 1. The summed E-state index contributed by atoms with van der Waals surface area (Å²) in [6, 6.07) is 7.56. The molecular formula is C17H22ClN5OS. The van der Waals surface area contributed by atoms with Crippen molar-refractivity contribution in [1.29, 1.82) is 0 Å². The predicted octanol–water partition coefficient (Wildman–Crippen LogP) is 3.35. The molecule has 25 heavy (non-hydrogen) atoms. The van der Waals surface area contributed by atoms with E-state index in [9.17, 15) is 4.79 Å². The molecular weight excluding hydrogens is 358 g/mol. The fraction of sp³-hybridized carbons (Fsp3) is 0.529. The average molecular weight is 380 g/mol. The minimum atomic E-state index is 0.0246. The van der Waals surface area contributed by atoms with Crippen molar-refractivity contribution in [3.05, 3.63) is 29.3 Å². The third-order valence-electron chi connectivity index (χ3n) is 4.88. The van der Waals surface area contributed by atoms with Crippen LogP contribution in [0.4, 0.5) is 0 Å². The third-order valence-corrected chi connectivity index (χ3v) is 6.03. The average Bonchev–Trinajstić information content (AvgIpc) is 3.06. The zero-order valence-corrected chi connectivity index (χ0v) is 15.9. The molecule has 3 rings (SSSR count). The van der Waals surface area contributed by atoms with Crippen molar-refractivity contribution in [2.24, 2.45) is 11.8 Å². The Balaban J connectivity index is 1.59. The molecule has 0 saturated heterocycles. The number of thioether (sulfide) groups is 1. The van der Waals surface area contributed by atoms with Gasteiger partial charge in [0.25, 0.3) is 0 Å². The first-order valence-electron chi connectivity index (χ1n) is 8.51. The molecule has 134 valence electrons. The zero-order chi connectivity index (χ0) is 17.8. The first kappa shape index (κ1) is 18.2. The number of carbonyl (C=O) groups is 1.